The number of aromatic nitrogens is 1. The second kappa shape index (κ2) is 6.34. The molecule has 2 heterocycles. The number of hydrogen-bond donors (Lipinski definition) is 0. The average Bonchev–Trinajstić information content (AvgIpc) is 2.97. The van der Waals surface area contributed by atoms with E-state index in [9.17, 15) is 4.79 Å². The van der Waals surface area contributed by atoms with Crippen LogP contribution in [0.4, 0.5) is 5.69 Å². The Kier molecular flexibility index (Phi) is 4.39. The lowest BCUT2D eigenvalue weighted by atomic mass is 10.1. The number of hydrogen-bond acceptors (Lipinski definition) is 4. The summed E-state index contributed by atoms with van der Waals surface area (Å²) < 4.78 is 2.23. The van der Waals surface area contributed by atoms with Gasteiger partial charge in [0.15, 0.2) is 0 Å². The number of anilines is 1. The molecular formula is C19H25N3O2. The second-order valence-corrected chi connectivity index (χ2v) is 7.09. The molecule has 0 atom stereocenters. The van der Waals surface area contributed by atoms with Gasteiger partial charge in [0.05, 0.1) is 24.2 Å². The van der Waals surface area contributed by atoms with E-state index in [1.807, 2.05) is 20.8 Å². The van der Waals surface area contributed by atoms with Crippen LogP contribution in [-0.2, 0) is 16.2 Å². The van der Waals surface area contributed by atoms with Crippen LogP contribution in [0.25, 0.3) is 10.9 Å². The molecule has 1 fully saturated rings. The van der Waals surface area contributed by atoms with Crippen LogP contribution in [-0.4, -0.2) is 40.8 Å². The van der Waals surface area contributed by atoms with Crippen LogP contribution in [0.3, 0.4) is 0 Å². The van der Waals surface area contributed by atoms with E-state index in [4.69, 9.17) is 4.84 Å². The number of hydroxylamine groups is 2. The van der Waals surface area contributed by atoms with Crippen LogP contribution in [0.1, 0.15) is 27.7 Å². The maximum atomic E-state index is 11.4. The van der Waals surface area contributed by atoms with E-state index in [1.165, 1.54) is 10.9 Å². The zero-order valence-corrected chi connectivity index (χ0v) is 14.9. The van der Waals surface area contributed by atoms with Gasteiger partial charge in [-0.3, -0.25) is 4.84 Å². The molecule has 0 amide bonds. The predicted octanol–water partition coefficient (Wildman–Crippen LogP) is 3.23. The first-order chi connectivity index (χ1) is 11.4. The minimum Gasteiger partial charge on any atom is -0.362 e. The molecular weight excluding hydrogens is 302 g/mol. The molecule has 0 radical (unpaired) electrons. The molecule has 0 spiro atoms. The summed E-state index contributed by atoms with van der Waals surface area (Å²) >= 11 is 0. The molecule has 1 aliphatic rings. The highest BCUT2D eigenvalue weighted by molar-refractivity contribution is 5.93. The Bertz CT molecular complexity index is 781. The van der Waals surface area contributed by atoms with E-state index >= 15 is 0 Å². The Morgan fingerprint density at radius 1 is 1.21 bits per heavy atom. The van der Waals surface area contributed by atoms with Crippen molar-refractivity contribution >= 4 is 22.5 Å². The van der Waals surface area contributed by atoms with Crippen molar-refractivity contribution in [3.63, 3.8) is 0 Å². The molecule has 5 heteroatoms. The average molecular weight is 327 g/mol. The summed E-state index contributed by atoms with van der Waals surface area (Å²) in [5, 5.41) is 2.91. The van der Waals surface area contributed by atoms with Gasteiger partial charge in [-0.05, 0) is 45.9 Å². The van der Waals surface area contributed by atoms with E-state index in [0.29, 0.717) is 18.8 Å². The van der Waals surface area contributed by atoms with E-state index in [0.717, 1.165) is 18.8 Å². The fourth-order valence-corrected chi connectivity index (χ4v) is 3.16. The van der Waals surface area contributed by atoms with Crippen molar-refractivity contribution in [1.29, 1.82) is 0 Å². The van der Waals surface area contributed by atoms with Gasteiger partial charge >= 0.3 is 0 Å². The lowest BCUT2D eigenvalue weighted by molar-refractivity contribution is -0.208. The van der Waals surface area contributed by atoms with Gasteiger partial charge in [-0.2, -0.15) is 0 Å². The minimum atomic E-state index is -0.331. The lowest BCUT2D eigenvalue weighted by Gasteiger charge is -2.39. The molecule has 24 heavy (non-hydrogen) atoms. The normalized spacial score (nSPS) is 15.9. The molecule has 2 aromatic rings. The van der Waals surface area contributed by atoms with Gasteiger partial charge in [-0.1, -0.05) is 6.07 Å². The number of benzene rings is 1. The molecule has 5 nitrogen and oxygen atoms in total. The van der Waals surface area contributed by atoms with Gasteiger partial charge in [-0.25, -0.2) is 9.86 Å². The lowest BCUT2D eigenvalue weighted by Crippen LogP contribution is -2.47. The van der Waals surface area contributed by atoms with Crippen molar-refractivity contribution in [2.24, 2.45) is 0 Å². The summed E-state index contributed by atoms with van der Waals surface area (Å²) in [5.74, 6) is 2.06. The molecule has 1 aliphatic heterocycles. The molecule has 1 saturated heterocycles. The summed E-state index contributed by atoms with van der Waals surface area (Å²) in [6, 6.07) is 8.48. The van der Waals surface area contributed by atoms with E-state index in [2.05, 4.69) is 52.8 Å². The Hall–Kier alpha value is -2.23. The Labute approximate surface area is 143 Å². The van der Waals surface area contributed by atoms with Crippen molar-refractivity contribution in [1.82, 2.24) is 9.63 Å². The molecule has 0 bridgehead atoms. The van der Waals surface area contributed by atoms with Crippen molar-refractivity contribution < 1.29 is 9.63 Å². The van der Waals surface area contributed by atoms with Crippen molar-refractivity contribution in [2.75, 3.05) is 24.5 Å². The van der Waals surface area contributed by atoms with Crippen LogP contribution < -0.4 is 4.90 Å². The summed E-state index contributed by atoms with van der Waals surface area (Å²) in [4.78, 5) is 19.5. The van der Waals surface area contributed by atoms with Crippen molar-refractivity contribution in [3.8, 4) is 0 Å². The van der Waals surface area contributed by atoms with Gasteiger partial charge in [0.2, 0.25) is 0 Å². The maximum Gasteiger partial charge on any atom is 0.150 e. The van der Waals surface area contributed by atoms with Crippen molar-refractivity contribution in [3.05, 3.63) is 36.2 Å². The SMILES string of the molecule is CCn1ccc2c(N3CCN(OC(C)(C)C)C(=C=O)C3)cccc21. The predicted molar refractivity (Wildman–Crippen MR) is 96.6 cm³/mol. The molecule has 0 N–H and O–H groups in total. The minimum absolute atomic E-state index is 0.331. The third kappa shape index (κ3) is 3.18. The van der Waals surface area contributed by atoms with Crippen LogP contribution >= 0.6 is 0 Å². The second-order valence-electron chi connectivity index (χ2n) is 7.09. The molecule has 0 unspecified atom stereocenters. The quantitative estimate of drug-likeness (QED) is 0.811. The van der Waals surface area contributed by atoms with Crippen LogP contribution in [0, 0.1) is 0 Å². The summed E-state index contributed by atoms with van der Waals surface area (Å²) in [7, 11) is 0. The third-order valence-electron chi connectivity index (χ3n) is 4.19. The van der Waals surface area contributed by atoms with Gasteiger partial charge < -0.3 is 9.47 Å². The number of nitrogens with zero attached hydrogens (tertiary/aromatic N) is 3. The number of fused-ring (bicyclic) bond motifs is 1. The van der Waals surface area contributed by atoms with Crippen molar-refractivity contribution in [2.45, 2.75) is 39.8 Å². The number of aryl methyl sites for hydroxylation is 1. The van der Waals surface area contributed by atoms with Crippen LogP contribution in [0.2, 0.25) is 0 Å². The van der Waals surface area contributed by atoms with E-state index < -0.39 is 0 Å². The summed E-state index contributed by atoms with van der Waals surface area (Å²) in [6.45, 7) is 11.0. The molecule has 0 saturated carbocycles. The molecule has 0 aliphatic carbocycles. The molecule has 1 aromatic carbocycles. The van der Waals surface area contributed by atoms with Gasteiger partial charge in [0, 0.05) is 30.4 Å². The standard InChI is InChI=1S/C19H25N3O2/c1-5-20-10-9-16-17(20)7-6-8-18(16)21-11-12-22(15(13-21)14-23)24-19(2,3)4/h6-10H,5,11-13H2,1-4H3. The Balaban J connectivity index is 1.88. The highest BCUT2D eigenvalue weighted by Gasteiger charge is 2.27. The number of rotatable bonds is 3. The maximum absolute atomic E-state index is 11.4. The third-order valence-corrected chi connectivity index (χ3v) is 4.19. The van der Waals surface area contributed by atoms with E-state index in [1.54, 1.807) is 5.06 Å². The fraction of sp³-hybridized carbons (Fsp3) is 0.474. The zero-order chi connectivity index (χ0) is 17.3. The first kappa shape index (κ1) is 16.6. The molecule has 3 rings (SSSR count). The summed E-state index contributed by atoms with van der Waals surface area (Å²) in [6.07, 6.45) is 2.11. The largest absolute Gasteiger partial charge is 0.362 e. The Morgan fingerprint density at radius 2 is 2.00 bits per heavy atom. The first-order valence-electron chi connectivity index (χ1n) is 8.46. The number of piperazine rings is 1. The Morgan fingerprint density at radius 3 is 2.67 bits per heavy atom. The topological polar surface area (TPSA) is 37.7 Å². The molecule has 128 valence electrons. The van der Waals surface area contributed by atoms with Gasteiger partial charge in [0.1, 0.15) is 11.6 Å². The van der Waals surface area contributed by atoms with E-state index in [-0.39, 0.29) is 5.60 Å². The number of carbonyl (C=O) groups excluding carboxylic acids is 1. The fourth-order valence-electron chi connectivity index (χ4n) is 3.16. The van der Waals surface area contributed by atoms with Crippen LogP contribution in [0.5, 0.6) is 0 Å². The monoisotopic (exact) mass is 327 g/mol. The molecule has 1 aromatic heterocycles. The van der Waals surface area contributed by atoms with Gasteiger partial charge in [-0.15, -0.1) is 0 Å². The van der Waals surface area contributed by atoms with Gasteiger partial charge in [0.25, 0.3) is 0 Å². The zero-order valence-electron chi connectivity index (χ0n) is 14.9. The first-order valence-corrected chi connectivity index (χ1v) is 8.46. The summed E-state index contributed by atoms with van der Waals surface area (Å²) in [5.41, 5.74) is 2.59. The highest BCUT2D eigenvalue weighted by atomic mass is 16.7. The smallest absolute Gasteiger partial charge is 0.150 e. The van der Waals surface area contributed by atoms with Crippen LogP contribution in [0.15, 0.2) is 36.2 Å². The highest BCUT2D eigenvalue weighted by Crippen LogP contribution is 2.30.